The summed E-state index contributed by atoms with van der Waals surface area (Å²) in [5.41, 5.74) is -0.0625. The summed E-state index contributed by atoms with van der Waals surface area (Å²) in [5.74, 6) is -1.84. The Morgan fingerprint density at radius 2 is 2.29 bits per heavy atom. The van der Waals surface area contributed by atoms with Gasteiger partial charge in [0.05, 0.1) is 5.69 Å². The Morgan fingerprint density at radius 1 is 1.53 bits per heavy atom. The van der Waals surface area contributed by atoms with Crippen molar-refractivity contribution in [3.05, 3.63) is 47.8 Å². The first-order valence-electron chi connectivity index (χ1n) is 4.59. The maximum Gasteiger partial charge on any atom is 0.356 e. The molecule has 2 rings (SSSR count). The van der Waals surface area contributed by atoms with Gasteiger partial charge in [-0.2, -0.15) is 5.26 Å². The fourth-order valence-corrected chi connectivity index (χ4v) is 1.40. The van der Waals surface area contributed by atoms with Crippen molar-refractivity contribution in [1.29, 1.82) is 5.26 Å². The van der Waals surface area contributed by atoms with E-state index in [1.807, 2.05) is 0 Å². The van der Waals surface area contributed by atoms with E-state index in [1.165, 1.54) is 29.2 Å². The number of carbonyl (C=O) groups is 1. The van der Waals surface area contributed by atoms with E-state index in [-0.39, 0.29) is 16.9 Å². The molecule has 1 aromatic carbocycles. The first-order valence-corrected chi connectivity index (χ1v) is 4.59. The summed E-state index contributed by atoms with van der Waals surface area (Å²) in [6, 6.07) is 5.84. The summed E-state index contributed by atoms with van der Waals surface area (Å²) in [7, 11) is 0. The van der Waals surface area contributed by atoms with E-state index in [9.17, 15) is 9.18 Å². The number of benzene rings is 1. The van der Waals surface area contributed by atoms with E-state index < -0.39 is 11.8 Å². The number of imidazole rings is 1. The molecule has 2 aromatic rings. The molecular formula is C11H6FN3O2. The molecule has 0 bridgehead atoms. The Labute approximate surface area is 95.4 Å². The summed E-state index contributed by atoms with van der Waals surface area (Å²) >= 11 is 0. The van der Waals surface area contributed by atoms with Crippen molar-refractivity contribution in [3.63, 3.8) is 0 Å². The second-order valence-corrected chi connectivity index (χ2v) is 3.22. The molecule has 0 radical (unpaired) electrons. The first-order chi connectivity index (χ1) is 8.13. The van der Waals surface area contributed by atoms with Crippen molar-refractivity contribution in [2.24, 2.45) is 0 Å². The van der Waals surface area contributed by atoms with E-state index in [0.29, 0.717) is 0 Å². The van der Waals surface area contributed by atoms with Crippen molar-refractivity contribution >= 4 is 5.97 Å². The molecule has 0 fully saturated rings. The van der Waals surface area contributed by atoms with Crippen LogP contribution in [0.3, 0.4) is 0 Å². The predicted molar refractivity (Wildman–Crippen MR) is 55.2 cm³/mol. The second-order valence-electron chi connectivity index (χ2n) is 3.22. The molecule has 0 atom stereocenters. The van der Waals surface area contributed by atoms with E-state index in [0.717, 1.165) is 6.07 Å². The number of nitrogens with zero attached hydrogens (tertiary/aromatic N) is 3. The van der Waals surface area contributed by atoms with Crippen LogP contribution in [-0.4, -0.2) is 20.6 Å². The van der Waals surface area contributed by atoms with Gasteiger partial charge in [0.25, 0.3) is 0 Å². The van der Waals surface area contributed by atoms with Crippen molar-refractivity contribution < 1.29 is 14.3 Å². The number of carboxylic acid groups (broad SMARTS) is 1. The van der Waals surface area contributed by atoms with Crippen LogP contribution in [0.5, 0.6) is 0 Å². The van der Waals surface area contributed by atoms with E-state index >= 15 is 0 Å². The Hall–Kier alpha value is -2.68. The summed E-state index contributed by atoms with van der Waals surface area (Å²) in [6.07, 6.45) is 2.44. The van der Waals surface area contributed by atoms with Crippen molar-refractivity contribution in [3.8, 4) is 11.8 Å². The third-order valence-corrected chi connectivity index (χ3v) is 2.18. The Bertz CT molecular complexity index is 628. The molecule has 84 valence electrons. The molecule has 1 aromatic heterocycles. The van der Waals surface area contributed by atoms with Gasteiger partial charge in [-0.25, -0.2) is 14.2 Å². The smallest absolute Gasteiger partial charge is 0.356 e. The molecule has 5 nitrogen and oxygen atoms in total. The highest BCUT2D eigenvalue weighted by Gasteiger charge is 2.12. The van der Waals surface area contributed by atoms with Gasteiger partial charge in [-0.1, -0.05) is 6.07 Å². The lowest BCUT2D eigenvalue weighted by Crippen LogP contribution is -1.98. The second kappa shape index (κ2) is 4.06. The number of aromatic carboxylic acids is 1. The van der Waals surface area contributed by atoms with Gasteiger partial charge >= 0.3 is 5.97 Å². The van der Waals surface area contributed by atoms with Crippen LogP contribution in [-0.2, 0) is 0 Å². The maximum atomic E-state index is 13.3. The zero-order valence-electron chi connectivity index (χ0n) is 8.46. The lowest BCUT2D eigenvalue weighted by molar-refractivity contribution is 0.0691. The quantitative estimate of drug-likeness (QED) is 0.850. The van der Waals surface area contributed by atoms with Crippen LogP contribution in [0.25, 0.3) is 5.69 Å². The molecule has 17 heavy (non-hydrogen) atoms. The fraction of sp³-hybridized carbons (Fsp3) is 0. The molecule has 0 spiro atoms. The van der Waals surface area contributed by atoms with Gasteiger partial charge in [0.2, 0.25) is 0 Å². The van der Waals surface area contributed by atoms with E-state index in [1.54, 1.807) is 6.07 Å². The minimum Gasteiger partial charge on any atom is -0.476 e. The van der Waals surface area contributed by atoms with Crippen LogP contribution in [0.15, 0.2) is 30.7 Å². The van der Waals surface area contributed by atoms with Gasteiger partial charge in [0, 0.05) is 6.20 Å². The number of hydrogen-bond acceptors (Lipinski definition) is 3. The number of nitriles is 1. The molecule has 0 unspecified atom stereocenters. The number of halogens is 1. The number of hydrogen-bond donors (Lipinski definition) is 1. The summed E-state index contributed by atoms with van der Waals surface area (Å²) in [5, 5.41) is 17.5. The molecule has 1 N–H and O–H groups in total. The highest BCUT2D eigenvalue weighted by Crippen LogP contribution is 2.17. The molecule has 0 aliphatic heterocycles. The minimum absolute atomic E-state index is 0.151. The topological polar surface area (TPSA) is 78.9 Å². The number of aromatic nitrogens is 2. The standard InChI is InChI=1S/C11H6FN3O2/c12-8-2-1-3-10(7(8)4-13)15-5-9(11(16)17)14-6-15/h1-3,5-6H,(H,16,17). The third-order valence-electron chi connectivity index (χ3n) is 2.18. The van der Waals surface area contributed by atoms with Crippen molar-refractivity contribution in [1.82, 2.24) is 9.55 Å². The summed E-state index contributed by atoms with van der Waals surface area (Å²) in [6.45, 7) is 0. The highest BCUT2D eigenvalue weighted by molar-refractivity contribution is 5.85. The van der Waals surface area contributed by atoms with Crippen LogP contribution in [0, 0.1) is 17.1 Å². The van der Waals surface area contributed by atoms with Gasteiger partial charge in [0.15, 0.2) is 5.69 Å². The molecule has 0 aliphatic rings. The summed E-state index contributed by atoms with van der Waals surface area (Å²) in [4.78, 5) is 14.3. The lowest BCUT2D eigenvalue weighted by atomic mass is 10.2. The van der Waals surface area contributed by atoms with Crippen LogP contribution < -0.4 is 0 Å². The Kier molecular flexibility index (Phi) is 2.58. The zero-order chi connectivity index (χ0) is 12.4. The van der Waals surface area contributed by atoms with Crippen molar-refractivity contribution in [2.45, 2.75) is 0 Å². The summed E-state index contributed by atoms with van der Waals surface area (Å²) < 4.78 is 14.6. The Balaban J connectivity index is 2.57. The fourth-order valence-electron chi connectivity index (χ4n) is 1.40. The molecule has 0 amide bonds. The number of rotatable bonds is 2. The minimum atomic E-state index is -1.18. The van der Waals surface area contributed by atoms with Gasteiger partial charge in [-0.15, -0.1) is 0 Å². The number of carboxylic acids is 1. The van der Waals surface area contributed by atoms with Gasteiger partial charge < -0.3 is 9.67 Å². The molecular weight excluding hydrogens is 225 g/mol. The van der Waals surface area contributed by atoms with Gasteiger partial charge in [0.1, 0.15) is 23.8 Å². The normalized spacial score (nSPS) is 9.88. The van der Waals surface area contributed by atoms with Crippen LogP contribution in [0.2, 0.25) is 0 Å². The molecule has 0 saturated carbocycles. The van der Waals surface area contributed by atoms with Crippen LogP contribution in [0.1, 0.15) is 16.1 Å². The Morgan fingerprint density at radius 3 is 2.88 bits per heavy atom. The monoisotopic (exact) mass is 231 g/mol. The zero-order valence-corrected chi connectivity index (χ0v) is 8.46. The van der Waals surface area contributed by atoms with E-state index in [2.05, 4.69) is 4.98 Å². The average Bonchev–Trinajstić information content (AvgIpc) is 2.77. The largest absolute Gasteiger partial charge is 0.476 e. The average molecular weight is 231 g/mol. The van der Waals surface area contributed by atoms with Gasteiger partial charge in [-0.05, 0) is 12.1 Å². The molecule has 1 heterocycles. The predicted octanol–water partition coefficient (Wildman–Crippen LogP) is 1.58. The van der Waals surface area contributed by atoms with Gasteiger partial charge in [-0.3, -0.25) is 0 Å². The highest BCUT2D eigenvalue weighted by atomic mass is 19.1. The first kappa shape index (κ1) is 10.8. The van der Waals surface area contributed by atoms with Crippen LogP contribution in [0.4, 0.5) is 4.39 Å². The van der Waals surface area contributed by atoms with E-state index in [4.69, 9.17) is 10.4 Å². The third kappa shape index (κ3) is 1.86. The van der Waals surface area contributed by atoms with Crippen LogP contribution >= 0.6 is 0 Å². The lowest BCUT2D eigenvalue weighted by Gasteiger charge is -2.04. The molecule has 0 saturated heterocycles. The maximum absolute atomic E-state index is 13.3. The van der Waals surface area contributed by atoms with Crippen molar-refractivity contribution in [2.75, 3.05) is 0 Å². The SMILES string of the molecule is N#Cc1c(F)cccc1-n1cnc(C(=O)O)c1. The molecule has 0 aliphatic carbocycles. The molecule has 6 heteroatoms.